The Morgan fingerprint density at radius 2 is 1.84 bits per heavy atom. The smallest absolute Gasteiger partial charge is 0.326 e. The molecule has 1 saturated carbocycles. The number of amides is 1. The summed E-state index contributed by atoms with van der Waals surface area (Å²) in [6, 6.07) is 7.48. The Kier molecular flexibility index (Phi) is 7.33. The van der Waals surface area contributed by atoms with Crippen LogP contribution in [0, 0.1) is 0 Å². The van der Waals surface area contributed by atoms with Crippen molar-refractivity contribution in [3.63, 3.8) is 0 Å². The molecule has 3 rings (SSSR count). The van der Waals surface area contributed by atoms with Crippen molar-refractivity contribution in [2.45, 2.75) is 58.1 Å². The van der Waals surface area contributed by atoms with Crippen LogP contribution in [0.3, 0.4) is 0 Å². The fourth-order valence-electron chi connectivity index (χ4n) is 3.60. The molecule has 1 aromatic heterocycles. The molecule has 0 spiro atoms. The zero-order chi connectivity index (χ0) is 23.5. The van der Waals surface area contributed by atoms with Gasteiger partial charge in [-0.1, -0.05) is 12.1 Å². The Morgan fingerprint density at radius 1 is 1.16 bits per heavy atom. The van der Waals surface area contributed by atoms with Crippen LogP contribution in [0.2, 0.25) is 0 Å². The van der Waals surface area contributed by atoms with E-state index in [0.29, 0.717) is 36.2 Å². The first-order valence-corrected chi connectivity index (χ1v) is 11.2. The highest BCUT2D eigenvalue weighted by atomic mass is 16.6. The molecule has 1 aliphatic carbocycles. The highest BCUT2D eigenvalue weighted by Gasteiger charge is 2.29. The Hall–Kier alpha value is -2.74. The van der Waals surface area contributed by atoms with Crippen molar-refractivity contribution in [1.82, 2.24) is 19.4 Å². The number of esters is 1. The van der Waals surface area contributed by atoms with E-state index in [4.69, 9.17) is 9.72 Å². The molecule has 1 heterocycles. The van der Waals surface area contributed by atoms with Gasteiger partial charge in [0.2, 0.25) is 5.91 Å². The third kappa shape index (κ3) is 6.38. The molecule has 0 radical (unpaired) electrons. The molecule has 1 amide bonds. The van der Waals surface area contributed by atoms with E-state index in [1.54, 1.807) is 31.4 Å². The molecule has 0 aliphatic heterocycles. The molecule has 0 bridgehead atoms. The van der Waals surface area contributed by atoms with Gasteiger partial charge in [0.25, 0.3) is 5.56 Å². The van der Waals surface area contributed by atoms with E-state index in [1.165, 1.54) is 4.90 Å². The number of rotatable bonds is 9. The molecule has 8 nitrogen and oxygen atoms in total. The zero-order valence-electron chi connectivity index (χ0n) is 19.8. The molecule has 32 heavy (non-hydrogen) atoms. The molecule has 1 aromatic carbocycles. The van der Waals surface area contributed by atoms with Gasteiger partial charge in [0, 0.05) is 32.0 Å². The second-order valence-corrected chi connectivity index (χ2v) is 9.66. The number of hydrogen-bond donors (Lipinski definition) is 0. The number of likely N-dealkylation sites (N-methyl/N-ethyl adjacent to an activating group) is 1. The predicted octanol–water partition coefficient (Wildman–Crippen LogP) is 2.40. The topological polar surface area (TPSA) is 84.7 Å². The van der Waals surface area contributed by atoms with Crippen LogP contribution >= 0.6 is 0 Å². The lowest BCUT2D eigenvalue weighted by Crippen LogP contribution is -2.42. The number of hydrogen-bond acceptors (Lipinski definition) is 6. The summed E-state index contributed by atoms with van der Waals surface area (Å²) < 4.78 is 7.16. The van der Waals surface area contributed by atoms with Crippen LogP contribution in [0.4, 0.5) is 0 Å². The first kappa shape index (κ1) is 23.9. The van der Waals surface area contributed by atoms with Crippen LogP contribution in [0.5, 0.6) is 0 Å². The van der Waals surface area contributed by atoms with Gasteiger partial charge in [-0.05, 0) is 59.8 Å². The Morgan fingerprint density at radius 3 is 2.47 bits per heavy atom. The number of aromatic nitrogens is 2. The van der Waals surface area contributed by atoms with Gasteiger partial charge in [0.1, 0.15) is 18.0 Å². The summed E-state index contributed by atoms with van der Waals surface area (Å²) in [7, 11) is 3.84. The van der Waals surface area contributed by atoms with Gasteiger partial charge >= 0.3 is 5.97 Å². The molecule has 1 aliphatic rings. The molecule has 8 heteroatoms. The molecule has 0 unspecified atom stereocenters. The van der Waals surface area contributed by atoms with Crippen LogP contribution in [0.15, 0.2) is 29.1 Å². The van der Waals surface area contributed by atoms with Gasteiger partial charge in [-0.25, -0.2) is 4.98 Å². The van der Waals surface area contributed by atoms with Crippen molar-refractivity contribution in [3.8, 4) is 0 Å². The minimum Gasteiger partial charge on any atom is -0.459 e. The average molecular weight is 443 g/mol. The van der Waals surface area contributed by atoms with E-state index in [0.717, 1.165) is 12.8 Å². The normalized spacial score (nSPS) is 14.1. The molecule has 1 fully saturated rings. The van der Waals surface area contributed by atoms with Gasteiger partial charge < -0.3 is 14.5 Å². The molecule has 174 valence electrons. The van der Waals surface area contributed by atoms with Crippen LogP contribution in [-0.2, 0) is 20.7 Å². The standard InChI is InChI=1S/C24H34N4O4/c1-24(2,3)32-22(30)16-27(15-14-26(4)5)21(29)13-12-20-25-19-9-7-6-8-18(19)23(31)28(20)17-10-11-17/h6-9,17H,10-16H2,1-5H3. The van der Waals surface area contributed by atoms with Crippen molar-refractivity contribution in [3.05, 3.63) is 40.4 Å². The summed E-state index contributed by atoms with van der Waals surface area (Å²) in [5, 5.41) is 0.604. The van der Waals surface area contributed by atoms with Crippen LogP contribution in [0.1, 0.15) is 51.9 Å². The number of fused-ring (bicyclic) bond motifs is 1. The van der Waals surface area contributed by atoms with Crippen molar-refractivity contribution >= 4 is 22.8 Å². The van der Waals surface area contributed by atoms with E-state index in [9.17, 15) is 14.4 Å². The molecule has 0 N–H and O–H groups in total. The van der Waals surface area contributed by atoms with Crippen LogP contribution in [0.25, 0.3) is 10.9 Å². The monoisotopic (exact) mass is 442 g/mol. The van der Waals surface area contributed by atoms with E-state index in [1.807, 2.05) is 37.2 Å². The Balaban J connectivity index is 1.76. The first-order chi connectivity index (χ1) is 15.0. The SMILES string of the molecule is CN(C)CCN(CC(=O)OC(C)(C)C)C(=O)CCc1nc2ccccc2c(=O)n1C1CC1. The molecular weight excluding hydrogens is 408 g/mol. The second-order valence-electron chi connectivity index (χ2n) is 9.66. The summed E-state index contributed by atoms with van der Waals surface area (Å²) in [6.07, 6.45) is 2.43. The Labute approximate surface area is 189 Å². The zero-order valence-corrected chi connectivity index (χ0v) is 19.8. The largest absolute Gasteiger partial charge is 0.459 e. The van der Waals surface area contributed by atoms with Crippen molar-refractivity contribution < 1.29 is 14.3 Å². The minimum absolute atomic E-state index is 0.0428. The molecular formula is C24H34N4O4. The second kappa shape index (κ2) is 9.81. The number of nitrogens with zero attached hydrogens (tertiary/aromatic N) is 4. The molecule has 0 atom stereocenters. The number of ether oxygens (including phenoxy) is 1. The lowest BCUT2D eigenvalue weighted by Gasteiger charge is -2.26. The molecule has 0 saturated heterocycles. The van der Waals surface area contributed by atoms with Gasteiger partial charge in [0.05, 0.1) is 10.9 Å². The number of para-hydroxylation sites is 1. The van der Waals surface area contributed by atoms with Gasteiger partial charge in [-0.3, -0.25) is 19.0 Å². The van der Waals surface area contributed by atoms with E-state index < -0.39 is 11.6 Å². The minimum atomic E-state index is -0.608. The summed E-state index contributed by atoms with van der Waals surface area (Å²) in [5.74, 6) is 0.0557. The predicted molar refractivity (Wildman–Crippen MR) is 124 cm³/mol. The quantitative estimate of drug-likeness (QED) is 0.555. The number of benzene rings is 1. The Bertz CT molecular complexity index is 1030. The maximum Gasteiger partial charge on any atom is 0.326 e. The average Bonchev–Trinajstić information content (AvgIpc) is 3.52. The van der Waals surface area contributed by atoms with Crippen LogP contribution in [-0.4, -0.2) is 70.6 Å². The fraction of sp³-hybridized carbons (Fsp3) is 0.583. The lowest BCUT2D eigenvalue weighted by molar-refractivity contribution is -0.159. The molecule has 2 aromatic rings. The maximum atomic E-state index is 13.1. The summed E-state index contributed by atoms with van der Waals surface area (Å²) in [6.45, 7) is 6.38. The number of aryl methyl sites for hydroxylation is 1. The number of carbonyl (C=O) groups is 2. The summed E-state index contributed by atoms with van der Waals surface area (Å²) in [4.78, 5) is 46.6. The van der Waals surface area contributed by atoms with Crippen molar-refractivity contribution in [2.75, 3.05) is 33.7 Å². The fourth-order valence-corrected chi connectivity index (χ4v) is 3.60. The van der Waals surface area contributed by atoms with Gasteiger partial charge in [0.15, 0.2) is 0 Å². The van der Waals surface area contributed by atoms with E-state index in [2.05, 4.69) is 0 Å². The van der Waals surface area contributed by atoms with Gasteiger partial charge in [-0.15, -0.1) is 0 Å². The first-order valence-electron chi connectivity index (χ1n) is 11.2. The summed E-state index contributed by atoms with van der Waals surface area (Å²) in [5.41, 5.74) is -0.00303. The van der Waals surface area contributed by atoms with E-state index in [-0.39, 0.29) is 30.5 Å². The maximum absolute atomic E-state index is 13.1. The third-order valence-corrected chi connectivity index (χ3v) is 5.27. The van der Waals surface area contributed by atoms with E-state index >= 15 is 0 Å². The lowest BCUT2D eigenvalue weighted by atomic mass is 10.2. The summed E-state index contributed by atoms with van der Waals surface area (Å²) >= 11 is 0. The number of carbonyl (C=O) groups excluding carboxylic acids is 2. The van der Waals surface area contributed by atoms with Crippen LogP contribution < -0.4 is 5.56 Å². The highest BCUT2D eigenvalue weighted by molar-refractivity contribution is 5.82. The van der Waals surface area contributed by atoms with Gasteiger partial charge in [-0.2, -0.15) is 0 Å². The third-order valence-electron chi connectivity index (χ3n) is 5.27. The van der Waals surface area contributed by atoms with Crippen molar-refractivity contribution in [2.24, 2.45) is 0 Å². The van der Waals surface area contributed by atoms with Crippen molar-refractivity contribution in [1.29, 1.82) is 0 Å². The highest BCUT2D eigenvalue weighted by Crippen LogP contribution is 2.35.